The number of nitrogen functional groups attached to an aromatic ring is 1. The minimum absolute atomic E-state index is 0.315. The van der Waals surface area contributed by atoms with Crippen molar-refractivity contribution < 1.29 is 4.39 Å². The zero-order valence-electron chi connectivity index (χ0n) is 11.5. The molecule has 2 N–H and O–H groups in total. The molecule has 0 aliphatic carbocycles. The number of tetrazole rings is 1. The van der Waals surface area contributed by atoms with Crippen LogP contribution in [0, 0.1) is 12.7 Å². The first-order chi connectivity index (χ1) is 10.1. The van der Waals surface area contributed by atoms with Gasteiger partial charge in [-0.3, -0.25) is 0 Å². The van der Waals surface area contributed by atoms with Crippen LogP contribution < -0.4 is 5.73 Å². The molecule has 5 nitrogen and oxygen atoms in total. The van der Waals surface area contributed by atoms with E-state index in [2.05, 4.69) is 15.5 Å². The number of rotatable bonds is 3. The molecular formula is C15H14FN5. The molecule has 0 bridgehead atoms. The van der Waals surface area contributed by atoms with Gasteiger partial charge in [-0.25, -0.2) is 9.07 Å². The Balaban J connectivity index is 1.95. The molecule has 0 amide bonds. The molecule has 6 heteroatoms. The summed E-state index contributed by atoms with van der Waals surface area (Å²) in [5.74, 6) is 0.141. The van der Waals surface area contributed by atoms with Gasteiger partial charge in [-0.1, -0.05) is 29.8 Å². The normalized spacial score (nSPS) is 10.8. The van der Waals surface area contributed by atoms with E-state index in [4.69, 9.17) is 5.73 Å². The third-order valence-electron chi connectivity index (χ3n) is 3.24. The fourth-order valence-electron chi connectivity index (χ4n) is 2.11. The highest BCUT2D eigenvalue weighted by Gasteiger charge is 2.12. The Morgan fingerprint density at radius 2 is 1.90 bits per heavy atom. The number of halogens is 1. The van der Waals surface area contributed by atoms with E-state index in [-0.39, 0.29) is 5.82 Å². The monoisotopic (exact) mass is 283 g/mol. The van der Waals surface area contributed by atoms with Crippen molar-refractivity contribution >= 4 is 5.69 Å². The summed E-state index contributed by atoms with van der Waals surface area (Å²) in [7, 11) is 0. The van der Waals surface area contributed by atoms with Crippen LogP contribution in [-0.2, 0) is 6.54 Å². The lowest BCUT2D eigenvalue weighted by atomic mass is 10.1. The Hall–Kier alpha value is -2.76. The van der Waals surface area contributed by atoms with Crippen molar-refractivity contribution in [3.05, 3.63) is 59.4 Å². The van der Waals surface area contributed by atoms with Crippen molar-refractivity contribution in [2.75, 3.05) is 5.73 Å². The van der Waals surface area contributed by atoms with Gasteiger partial charge >= 0.3 is 0 Å². The first kappa shape index (κ1) is 13.2. The Morgan fingerprint density at radius 3 is 2.62 bits per heavy atom. The maximum atomic E-state index is 13.1. The number of hydrogen-bond acceptors (Lipinski definition) is 4. The molecule has 0 unspecified atom stereocenters. The van der Waals surface area contributed by atoms with Crippen LogP contribution in [0.5, 0.6) is 0 Å². The molecule has 106 valence electrons. The van der Waals surface area contributed by atoms with Gasteiger partial charge in [0.2, 0.25) is 0 Å². The number of benzene rings is 2. The van der Waals surface area contributed by atoms with Gasteiger partial charge in [-0.15, -0.1) is 5.10 Å². The van der Waals surface area contributed by atoms with E-state index >= 15 is 0 Å². The third kappa shape index (κ3) is 2.74. The van der Waals surface area contributed by atoms with E-state index in [9.17, 15) is 4.39 Å². The number of anilines is 1. The standard InChI is InChI=1S/C15H14FN5/c1-10-2-4-11(5-3-10)9-21-15(18-19-20-21)13-7-6-12(16)8-14(13)17/h2-8H,9,17H2,1H3. The molecule has 3 aromatic rings. The maximum Gasteiger partial charge on any atom is 0.184 e. The molecule has 0 fully saturated rings. The summed E-state index contributed by atoms with van der Waals surface area (Å²) in [6.07, 6.45) is 0. The summed E-state index contributed by atoms with van der Waals surface area (Å²) in [6.45, 7) is 2.56. The zero-order valence-corrected chi connectivity index (χ0v) is 11.5. The molecule has 1 heterocycles. The molecule has 0 radical (unpaired) electrons. The van der Waals surface area contributed by atoms with Gasteiger partial charge in [0.1, 0.15) is 5.82 Å². The van der Waals surface area contributed by atoms with Crippen molar-refractivity contribution in [3.63, 3.8) is 0 Å². The number of aryl methyl sites for hydroxylation is 1. The summed E-state index contributed by atoms with van der Waals surface area (Å²) in [5.41, 5.74) is 9.05. The van der Waals surface area contributed by atoms with Crippen LogP contribution in [0.4, 0.5) is 10.1 Å². The molecule has 0 spiro atoms. The summed E-state index contributed by atoms with van der Waals surface area (Å²) >= 11 is 0. The first-order valence-corrected chi connectivity index (χ1v) is 6.50. The second kappa shape index (κ2) is 5.32. The zero-order chi connectivity index (χ0) is 14.8. The smallest absolute Gasteiger partial charge is 0.184 e. The average molecular weight is 283 g/mol. The van der Waals surface area contributed by atoms with Crippen LogP contribution in [0.3, 0.4) is 0 Å². The molecule has 0 aliphatic rings. The largest absolute Gasteiger partial charge is 0.398 e. The molecule has 3 rings (SSSR count). The van der Waals surface area contributed by atoms with Crippen molar-refractivity contribution in [1.82, 2.24) is 20.2 Å². The molecule has 21 heavy (non-hydrogen) atoms. The highest BCUT2D eigenvalue weighted by atomic mass is 19.1. The van der Waals surface area contributed by atoms with Gasteiger partial charge in [0.15, 0.2) is 5.82 Å². The highest BCUT2D eigenvalue weighted by Crippen LogP contribution is 2.24. The van der Waals surface area contributed by atoms with Gasteiger partial charge in [0, 0.05) is 11.3 Å². The Morgan fingerprint density at radius 1 is 1.14 bits per heavy atom. The SMILES string of the molecule is Cc1ccc(Cn2nnnc2-c2ccc(F)cc2N)cc1. The van der Waals surface area contributed by atoms with E-state index in [0.717, 1.165) is 5.56 Å². The van der Waals surface area contributed by atoms with Crippen LogP contribution in [0.25, 0.3) is 11.4 Å². The summed E-state index contributed by atoms with van der Waals surface area (Å²) < 4.78 is 14.8. The number of aromatic nitrogens is 4. The molecule has 0 aliphatic heterocycles. The lowest BCUT2D eigenvalue weighted by Gasteiger charge is -2.07. The second-order valence-corrected chi connectivity index (χ2v) is 4.88. The van der Waals surface area contributed by atoms with Crippen molar-refractivity contribution in [2.45, 2.75) is 13.5 Å². The molecule has 2 aromatic carbocycles. The summed E-state index contributed by atoms with van der Waals surface area (Å²) in [5, 5.41) is 11.7. The van der Waals surface area contributed by atoms with Crippen molar-refractivity contribution in [3.8, 4) is 11.4 Å². The molecule has 0 saturated heterocycles. The van der Waals surface area contributed by atoms with Crippen molar-refractivity contribution in [1.29, 1.82) is 0 Å². The van der Waals surface area contributed by atoms with E-state index in [1.54, 1.807) is 10.7 Å². The maximum absolute atomic E-state index is 13.1. The Labute approximate surface area is 121 Å². The predicted octanol–water partition coefficient (Wildman–Crippen LogP) is 2.42. The quantitative estimate of drug-likeness (QED) is 0.749. The Kier molecular flexibility index (Phi) is 3.35. The van der Waals surface area contributed by atoms with Crippen LogP contribution in [0.15, 0.2) is 42.5 Å². The van der Waals surface area contributed by atoms with E-state index < -0.39 is 0 Å². The Bertz CT molecular complexity index is 764. The van der Waals surface area contributed by atoms with Gasteiger partial charge in [0.25, 0.3) is 0 Å². The topological polar surface area (TPSA) is 69.6 Å². The van der Waals surface area contributed by atoms with Crippen LogP contribution in [0.1, 0.15) is 11.1 Å². The van der Waals surface area contributed by atoms with Crippen molar-refractivity contribution in [2.24, 2.45) is 0 Å². The number of nitrogens with zero attached hydrogens (tertiary/aromatic N) is 4. The van der Waals surface area contributed by atoms with Gasteiger partial charge in [0.05, 0.1) is 6.54 Å². The van der Waals surface area contributed by atoms with Gasteiger partial charge < -0.3 is 5.73 Å². The average Bonchev–Trinajstić information content (AvgIpc) is 2.89. The first-order valence-electron chi connectivity index (χ1n) is 6.50. The van der Waals surface area contributed by atoms with Gasteiger partial charge in [-0.2, -0.15) is 0 Å². The molecular weight excluding hydrogens is 269 g/mol. The van der Waals surface area contributed by atoms with E-state index in [0.29, 0.717) is 23.6 Å². The molecule has 0 atom stereocenters. The lowest BCUT2D eigenvalue weighted by Crippen LogP contribution is -2.05. The molecule has 1 aromatic heterocycles. The highest BCUT2D eigenvalue weighted by molar-refractivity contribution is 5.71. The lowest BCUT2D eigenvalue weighted by molar-refractivity contribution is 0.628. The fourth-order valence-corrected chi connectivity index (χ4v) is 2.11. The van der Waals surface area contributed by atoms with Crippen LogP contribution in [-0.4, -0.2) is 20.2 Å². The van der Waals surface area contributed by atoms with Gasteiger partial charge in [-0.05, 0) is 41.1 Å². The van der Waals surface area contributed by atoms with E-state index in [1.807, 2.05) is 31.2 Å². The minimum Gasteiger partial charge on any atom is -0.398 e. The second-order valence-electron chi connectivity index (χ2n) is 4.88. The fraction of sp³-hybridized carbons (Fsp3) is 0.133. The number of nitrogens with two attached hydrogens (primary N) is 1. The van der Waals surface area contributed by atoms with Crippen LogP contribution >= 0.6 is 0 Å². The summed E-state index contributed by atoms with van der Waals surface area (Å²) in [6, 6.07) is 12.3. The van der Waals surface area contributed by atoms with E-state index in [1.165, 1.54) is 17.7 Å². The minimum atomic E-state index is -0.381. The molecule has 0 saturated carbocycles. The predicted molar refractivity (Wildman–Crippen MR) is 77.9 cm³/mol. The summed E-state index contributed by atoms with van der Waals surface area (Å²) in [4.78, 5) is 0. The third-order valence-corrected chi connectivity index (χ3v) is 3.24. The van der Waals surface area contributed by atoms with Crippen LogP contribution in [0.2, 0.25) is 0 Å². The number of hydrogen-bond donors (Lipinski definition) is 1.